The highest BCUT2D eigenvalue weighted by molar-refractivity contribution is 9.10. The van der Waals surface area contributed by atoms with Gasteiger partial charge in [0.2, 0.25) is 0 Å². The van der Waals surface area contributed by atoms with Crippen LogP contribution in [0.4, 0.5) is 10.5 Å². The first-order valence-corrected chi connectivity index (χ1v) is 9.17. The number of carbonyl (C=O) groups excluding carboxylic acids is 3. The van der Waals surface area contributed by atoms with Crippen LogP contribution in [-0.2, 0) is 9.59 Å². The minimum absolute atomic E-state index is 0.152. The number of anilines is 1. The Morgan fingerprint density at radius 3 is 2.48 bits per heavy atom. The second-order valence-corrected chi connectivity index (χ2v) is 6.85. The molecule has 1 saturated heterocycles. The number of benzene rings is 2. The van der Waals surface area contributed by atoms with Gasteiger partial charge in [0.15, 0.2) is 0 Å². The molecule has 0 aromatic heterocycles. The first-order chi connectivity index (χ1) is 12.9. The van der Waals surface area contributed by atoms with Crippen molar-refractivity contribution < 1.29 is 19.1 Å². The Labute approximate surface area is 168 Å². The summed E-state index contributed by atoms with van der Waals surface area (Å²) in [6, 6.07) is 10.5. The van der Waals surface area contributed by atoms with Crippen LogP contribution >= 0.6 is 27.5 Å². The highest BCUT2D eigenvalue weighted by Crippen LogP contribution is 2.28. The number of amides is 4. The fourth-order valence-electron chi connectivity index (χ4n) is 2.53. The van der Waals surface area contributed by atoms with Gasteiger partial charge in [-0.15, -0.1) is 0 Å². The van der Waals surface area contributed by atoms with Crippen LogP contribution in [-0.4, -0.2) is 24.5 Å². The number of ether oxygens (including phenoxy) is 1. The van der Waals surface area contributed by atoms with Gasteiger partial charge in [0.05, 0.1) is 16.8 Å². The number of nitrogens with zero attached hydrogens (tertiary/aromatic N) is 1. The van der Waals surface area contributed by atoms with Gasteiger partial charge in [-0.05, 0) is 70.9 Å². The molecule has 0 spiro atoms. The van der Waals surface area contributed by atoms with E-state index in [1.165, 1.54) is 18.2 Å². The molecule has 3 rings (SSSR count). The van der Waals surface area contributed by atoms with Gasteiger partial charge >= 0.3 is 6.03 Å². The van der Waals surface area contributed by atoms with Crippen LogP contribution < -0.4 is 15.0 Å². The third kappa shape index (κ3) is 4.04. The maximum absolute atomic E-state index is 12.8. The molecule has 0 atom stereocenters. The molecule has 0 unspecified atom stereocenters. The Morgan fingerprint density at radius 1 is 1.15 bits per heavy atom. The maximum Gasteiger partial charge on any atom is 0.335 e. The van der Waals surface area contributed by atoms with Gasteiger partial charge in [-0.3, -0.25) is 14.9 Å². The molecule has 1 aliphatic heterocycles. The van der Waals surface area contributed by atoms with E-state index in [1.54, 1.807) is 30.3 Å². The molecule has 2 aromatic carbocycles. The number of barbiturate groups is 1. The van der Waals surface area contributed by atoms with Crippen LogP contribution in [0.3, 0.4) is 0 Å². The Hall–Kier alpha value is -2.64. The number of hydrogen-bond donors (Lipinski definition) is 1. The summed E-state index contributed by atoms with van der Waals surface area (Å²) in [5.41, 5.74) is 0.767. The van der Waals surface area contributed by atoms with E-state index in [0.29, 0.717) is 33.1 Å². The molecule has 138 valence electrons. The van der Waals surface area contributed by atoms with Crippen molar-refractivity contribution in [3.05, 3.63) is 63.1 Å². The summed E-state index contributed by atoms with van der Waals surface area (Å²) in [5.74, 6) is -0.812. The molecule has 6 nitrogen and oxygen atoms in total. The number of halogens is 2. The van der Waals surface area contributed by atoms with Crippen molar-refractivity contribution in [3.8, 4) is 5.75 Å². The second-order valence-electron chi connectivity index (χ2n) is 5.56. The minimum Gasteiger partial charge on any atom is -0.493 e. The Kier molecular flexibility index (Phi) is 5.62. The lowest BCUT2D eigenvalue weighted by molar-refractivity contribution is -0.122. The highest BCUT2D eigenvalue weighted by Gasteiger charge is 2.36. The van der Waals surface area contributed by atoms with E-state index >= 15 is 0 Å². The van der Waals surface area contributed by atoms with Crippen molar-refractivity contribution in [1.82, 2.24) is 5.32 Å². The van der Waals surface area contributed by atoms with Crippen molar-refractivity contribution in [1.29, 1.82) is 0 Å². The largest absolute Gasteiger partial charge is 0.493 e. The van der Waals surface area contributed by atoms with E-state index in [0.717, 1.165) is 4.90 Å². The standard InChI is InChI=1S/C19H14BrClN2O4/c1-2-27-16-8-3-11(10-15(16)20)9-14-17(24)22-19(26)23(18(14)25)13-6-4-12(21)5-7-13/h3-10H,2H2,1H3,(H,22,24,26)/b14-9-. The number of imide groups is 2. The van der Waals surface area contributed by atoms with Gasteiger partial charge in [0.25, 0.3) is 11.8 Å². The summed E-state index contributed by atoms with van der Waals surface area (Å²) in [6.45, 7) is 2.38. The molecule has 0 radical (unpaired) electrons. The molecular weight excluding hydrogens is 436 g/mol. The molecule has 0 aliphatic carbocycles. The Bertz CT molecular complexity index is 957. The summed E-state index contributed by atoms with van der Waals surface area (Å²) in [6.07, 6.45) is 1.42. The van der Waals surface area contributed by atoms with Crippen LogP contribution in [0.1, 0.15) is 12.5 Å². The minimum atomic E-state index is -0.808. The fourth-order valence-corrected chi connectivity index (χ4v) is 3.17. The van der Waals surface area contributed by atoms with Gasteiger partial charge in [0.1, 0.15) is 11.3 Å². The molecule has 1 fully saturated rings. The van der Waals surface area contributed by atoms with Gasteiger partial charge in [-0.1, -0.05) is 17.7 Å². The summed E-state index contributed by atoms with van der Waals surface area (Å²) >= 11 is 9.24. The number of hydrogen-bond acceptors (Lipinski definition) is 4. The lowest BCUT2D eigenvalue weighted by atomic mass is 10.1. The lowest BCUT2D eigenvalue weighted by Crippen LogP contribution is -2.54. The molecular formula is C19H14BrClN2O4. The van der Waals surface area contributed by atoms with Crippen molar-refractivity contribution in [2.45, 2.75) is 6.92 Å². The van der Waals surface area contributed by atoms with Crippen molar-refractivity contribution >= 4 is 57.1 Å². The summed E-state index contributed by atoms with van der Waals surface area (Å²) < 4.78 is 6.13. The molecule has 2 aromatic rings. The van der Waals surface area contributed by atoms with E-state index in [-0.39, 0.29) is 5.57 Å². The highest BCUT2D eigenvalue weighted by atomic mass is 79.9. The van der Waals surface area contributed by atoms with E-state index in [9.17, 15) is 14.4 Å². The molecule has 0 saturated carbocycles. The summed E-state index contributed by atoms with van der Waals surface area (Å²) in [4.78, 5) is 38.1. The van der Waals surface area contributed by atoms with Crippen molar-refractivity contribution in [3.63, 3.8) is 0 Å². The monoisotopic (exact) mass is 448 g/mol. The molecule has 1 heterocycles. The molecule has 1 N–H and O–H groups in total. The topological polar surface area (TPSA) is 75.7 Å². The van der Waals surface area contributed by atoms with Crippen LogP contribution in [0.15, 0.2) is 52.5 Å². The zero-order chi connectivity index (χ0) is 19.6. The Morgan fingerprint density at radius 2 is 1.85 bits per heavy atom. The van der Waals surface area contributed by atoms with Gasteiger partial charge in [-0.25, -0.2) is 9.69 Å². The first-order valence-electron chi connectivity index (χ1n) is 8.00. The zero-order valence-corrected chi connectivity index (χ0v) is 16.5. The lowest BCUT2D eigenvalue weighted by Gasteiger charge is -2.26. The van der Waals surface area contributed by atoms with Crippen LogP contribution in [0.5, 0.6) is 5.75 Å². The number of nitrogens with one attached hydrogen (secondary N) is 1. The van der Waals surface area contributed by atoms with Crippen molar-refractivity contribution in [2.75, 3.05) is 11.5 Å². The quantitative estimate of drug-likeness (QED) is 0.561. The van der Waals surface area contributed by atoms with Gasteiger partial charge in [0, 0.05) is 5.02 Å². The molecule has 8 heteroatoms. The summed E-state index contributed by atoms with van der Waals surface area (Å²) in [5, 5.41) is 2.65. The molecule has 4 amide bonds. The van der Waals surface area contributed by atoms with Gasteiger partial charge in [-0.2, -0.15) is 0 Å². The first kappa shape index (κ1) is 19.1. The third-order valence-electron chi connectivity index (χ3n) is 3.75. The number of urea groups is 1. The van der Waals surface area contributed by atoms with Crippen LogP contribution in [0, 0.1) is 0 Å². The third-order valence-corrected chi connectivity index (χ3v) is 4.62. The molecule has 0 bridgehead atoms. The van der Waals surface area contributed by atoms with Crippen molar-refractivity contribution in [2.24, 2.45) is 0 Å². The van der Waals surface area contributed by atoms with E-state index in [4.69, 9.17) is 16.3 Å². The fraction of sp³-hybridized carbons (Fsp3) is 0.105. The van der Waals surface area contributed by atoms with E-state index in [2.05, 4.69) is 21.2 Å². The average molecular weight is 450 g/mol. The predicted octanol–water partition coefficient (Wildman–Crippen LogP) is 4.17. The van der Waals surface area contributed by atoms with E-state index in [1.807, 2.05) is 6.92 Å². The number of rotatable bonds is 4. The van der Waals surface area contributed by atoms with Gasteiger partial charge < -0.3 is 4.74 Å². The van der Waals surface area contributed by atoms with E-state index < -0.39 is 17.8 Å². The zero-order valence-electron chi connectivity index (χ0n) is 14.2. The summed E-state index contributed by atoms with van der Waals surface area (Å²) in [7, 11) is 0. The second kappa shape index (κ2) is 7.94. The van der Waals surface area contributed by atoms with Crippen LogP contribution in [0.2, 0.25) is 5.02 Å². The normalized spacial score (nSPS) is 15.9. The molecule has 27 heavy (non-hydrogen) atoms. The predicted molar refractivity (Wildman–Crippen MR) is 106 cm³/mol. The number of carbonyl (C=O) groups is 3. The van der Waals surface area contributed by atoms with Crippen LogP contribution in [0.25, 0.3) is 6.08 Å². The smallest absolute Gasteiger partial charge is 0.335 e. The average Bonchev–Trinajstić information content (AvgIpc) is 2.62. The SMILES string of the molecule is CCOc1ccc(/C=C2/C(=O)NC(=O)N(c3ccc(Cl)cc3)C2=O)cc1Br. The molecule has 1 aliphatic rings. The Balaban J connectivity index is 1.96. The maximum atomic E-state index is 12.8.